The highest BCUT2D eigenvalue weighted by Crippen LogP contribution is 2.20. The lowest BCUT2D eigenvalue weighted by molar-refractivity contribution is 0.102. The van der Waals surface area contributed by atoms with E-state index >= 15 is 0 Å². The molecule has 108 valence electrons. The number of halogens is 1. The van der Waals surface area contributed by atoms with E-state index in [-0.39, 0.29) is 16.6 Å². The Hall–Kier alpha value is -2.35. The van der Waals surface area contributed by atoms with Crippen molar-refractivity contribution in [3.8, 4) is 0 Å². The zero-order valence-corrected chi connectivity index (χ0v) is 12.2. The molecule has 0 spiro atoms. The first-order valence-corrected chi connectivity index (χ1v) is 7.16. The number of hydrogen-bond donors (Lipinski definition) is 1. The number of carbonyl (C=O) groups excluding carboxylic acids is 1. The van der Waals surface area contributed by atoms with Crippen LogP contribution in [0.1, 0.15) is 35.4 Å². The number of nitrogens with zero attached hydrogens (tertiary/aromatic N) is 4. The first-order valence-electron chi connectivity index (χ1n) is 6.34. The molecule has 6 nitrogen and oxygen atoms in total. The van der Waals surface area contributed by atoms with Crippen molar-refractivity contribution in [3.05, 3.63) is 40.9 Å². The van der Waals surface area contributed by atoms with Crippen molar-refractivity contribution in [2.75, 3.05) is 5.32 Å². The Kier molecular flexibility index (Phi) is 3.38. The molecule has 1 aromatic carbocycles. The minimum atomic E-state index is -0.489. The molecule has 0 saturated carbocycles. The van der Waals surface area contributed by atoms with Crippen molar-refractivity contribution in [2.45, 2.75) is 19.8 Å². The van der Waals surface area contributed by atoms with E-state index in [9.17, 15) is 9.18 Å². The van der Waals surface area contributed by atoms with Gasteiger partial charge in [0.1, 0.15) is 5.82 Å². The van der Waals surface area contributed by atoms with Crippen molar-refractivity contribution in [1.82, 2.24) is 19.8 Å². The van der Waals surface area contributed by atoms with Gasteiger partial charge < -0.3 is 5.32 Å². The van der Waals surface area contributed by atoms with Crippen LogP contribution in [0.3, 0.4) is 0 Å². The topological polar surface area (TPSA) is 72.2 Å². The molecule has 0 atom stereocenters. The van der Waals surface area contributed by atoms with E-state index in [1.165, 1.54) is 12.1 Å². The van der Waals surface area contributed by atoms with Gasteiger partial charge in [-0.15, -0.1) is 15.3 Å². The first kappa shape index (κ1) is 13.6. The number of aromatic nitrogens is 4. The van der Waals surface area contributed by atoms with Gasteiger partial charge in [0.15, 0.2) is 5.82 Å². The second-order valence-electron chi connectivity index (χ2n) is 4.75. The summed E-state index contributed by atoms with van der Waals surface area (Å²) < 4.78 is 15.1. The summed E-state index contributed by atoms with van der Waals surface area (Å²) in [6.07, 6.45) is 0. The largest absolute Gasteiger partial charge is 0.317 e. The van der Waals surface area contributed by atoms with Gasteiger partial charge >= 0.3 is 0 Å². The summed E-state index contributed by atoms with van der Waals surface area (Å²) in [6, 6.07) is 5.98. The molecule has 2 heterocycles. The standard InChI is InChI=1S/C13H12FN5OS/c1-7(2)10-16-17-13-19(10)18-12(21-13)11(20)15-9-6-4-3-5-8(9)14/h3-7H,1-2H3,(H,15,20). The number of benzene rings is 1. The van der Waals surface area contributed by atoms with E-state index in [1.807, 2.05) is 13.8 Å². The number of nitrogens with one attached hydrogen (secondary N) is 1. The number of para-hydroxylation sites is 1. The Morgan fingerprint density at radius 2 is 2.10 bits per heavy atom. The fourth-order valence-corrected chi connectivity index (χ4v) is 2.56. The smallest absolute Gasteiger partial charge is 0.286 e. The maximum Gasteiger partial charge on any atom is 0.286 e. The monoisotopic (exact) mass is 305 g/mol. The van der Waals surface area contributed by atoms with E-state index < -0.39 is 11.7 Å². The average molecular weight is 305 g/mol. The van der Waals surface area contributed by atoms with Crippen LogP contribution in [0.5, 0.6) is 0 Å². The van der Waals surface area contributed by atoms with Crippen LogP contribution in [0.15, 0.2) is 24.3 Å². The van der Waals surface area contributed by atoms with Gasteiger partial charge in [0, 0.05) is 5.92 Å². The second-order valence-corrected chi connectivity index (χ2v) is 5.70. The third kappa shape index (κ3) is 2.49. The van der Waals surface area contributed by atoms with Crippen molar-refractivity contribution < 1.29 is 9.18 Å². The van der Waals surface area contributed by atoms with Crippen LogP contribution < -0.4 is 5.32 Å². The maximum atomic E-state index is 13.5. The fourth-order valence-electron chi connectivity index (χ4n) is 1.82. The van der Waals surface area contributed by atoms with Gasteiger partial charge in [0.25, 0.3) is 5.91 Å². The van der Waals surface area contributed by atoms with Crippen LogP contribution in [-0.4, -0.2) is 25.7 Å². The number of anilines is 1. The van der Waals surface area contributed by atoms with E-state index in [0.29, 0.717) is 10.8 Å². The molecule has 2 aromatic heterocycles. The predicted molar refractivity (Wildman–Crippen MR) is 77.1 cm³/mol. The molecule has 0 unspecified atom stereocenters. The van der Waals surface area contributed by atoms with E-state index in [4.69, 9.17) is 0 Å². The highest BCUT2D eigenvalue weighted by Gasteiger charge is 2.19. The minimum absolute atomic E-state index is 0.123. The molecule has 3 aromatic rings. The number of fused-ring (bicyclic) bond motifs is 1. The normalized spacial score (nSPS) is 11.2. The van der Waals surface area contributed by atoms with Crippen molar-refractivity contribution in [3.63, 3.8) is 0 Å². The lowest BCUT2D eigenvalue weighted by Crippen LogP contribution is -2.13. The number of amides is 1. The van der Waals surface area contributed by atoms with Gasteiger partial charge in [-0.25, -0.2) is 4.39 Å². The summed E-state index contributed by atoms with van der Waals surface area (Å²) in [7, 11) is 0. The van der Waals surface area contributed by atoms with Crippen molar-refractivity contribution in [2.24, 2.45) is 0 Å². The Bertz CT molecular complexity index is 810. The molecule has 0 fully saturated rings. The number of carbonyl (C=O) groups is 1. The Morgan fingerprint density at radius 1 is 1.33 bits per heavy atom. The number of rotatable bonds is 3. The lowest BCUT2D eigenvalue weighted by Gasteiger charge is -2.03. The van der Waals surface area contributed by atoms with Crippen LogP contribution in [0.25, 0.3) is 4.96 Å². The molecule has 8 heteroatoms. The maximum absolute atomic E-state index is 13.5. The molecule has 21 heavy (non-hydrogen) atoms. The Labute approximate surface area is 123 Å². The zero-order valence-electron chi connectivity index (χ0n) is 11.4. The van der Waals surface area contributed by atoms with Gasteiger partial charge in [0.05, 0.1) is 5.69 Å². The molecule has 0 radical (unpaired) electrons. The molecule has 0 saturated heterocycles. The molecule has 0 bridgehead atoms. The van der Waals surface area contributed by atoms with Crippen LogP contribution in [0, 0.1) is 5.82 Å². The van der Waals surface area contributed by atoms with E-state index in [0.717, 1.165) is 11.3 Å². The molecular weight excluding hydrogens is 293 g/mol. The van der Waals surface area contributed by atoms with Crippen LogP contribution in [0.4, 0.5) is 10.1 Å². The molecule has 1 amide bonds. The van der Waals surface area contributed by atoms with Gasteiger partial charge in [-0.05, 0) is 12.1 Å². The summed E-state index contributed by atoms with van der Waals surface area (Å²) in [5.41, 5.74) is 0.123. The van der Waals surface area contributed by atoms with Gasteiger partial charge in [0.2, 0.25) is 9.97 Å². The van der Waals surface area contributed by atoms with Crippen LogP contribution in [0.2, 0.25) is 0 Å². The summed E-state index contributed by atoms with van der Waals surface area (Å²) in [5, 5.41) is 14.9. The second kappa shape index (κ2) is 5.21. The van der Waals surface area contributed by atoms with Gasteiger partial charge in [-0.2, -0.15) is 4.52 Å². The quantitative estimate of drug-likeness (QED) is 0.807. The predicted octanol–water partition coefficient (Wildman–Crippen LogP) is 2.70. The average Bonchev–Trinajstić information content (AvgIpc) is 3.00. The molecular formula is C13H12FN5OS. The van der Waals surface area contributed by atoms with E-state index in [2.05, 4.69) is 20.6 Å². The number of hydrogen-bond acceptors (Lipinski definition) is 5. The highest BCUT2D eigenvalue weighted by molar-refractivity contribution is 7.18. The van der Waals surface area contributed by atoms with Gasteiger partial charge in [-0.3, -0.25) is 4.79 Å². The molecule has 0 aliphatic carbocycles. The lowest BCUT2D eigenvalue weighted by atomic mass is 10.2. The summed E-state index contributed by atoms with van der Waals surface area (Å²) >= 11 is 1.11. The third-order valence-corrected chi connectivity index (χ3v) is 3.75. The third-order valence-electron chi connectivity index (χ3n) is 2.85. The summed E-state index contributed by atoms with van der Waals surface area (Å²) in [6.45, 7) is 3.93. The van der Waals surface area contributed by atoms with Crippen LogP contribution >= 0.6 is 11.3 Å². The van der Waals surface area contributed by atoms with Gasteiger partial charge in [-0.1, -0.05) is 37.3 Å². The molecule has 0 aliphatic rings. The Morgan fingerprint density at radius 3 is 2.81 bits per heavy atom. The van der Waals surface area contributed by atoms with Crippen molar-refractivity contribution in [1.29, 1.82) is 0 Å². The minimum Gasteiger partial charge on any atom is -0.317 e. The van der Waals surface area contributed by atoms with E-state index in [1.54, 1.807) is 16.6 Å². The zero-order chi connectivity index (χ0) is 15.0. The first-order chi connectivity index (χ1) is 10.1. The molecule has 1 N–H and O–H groups in total. The van der Waals surface area contributed by atoms with Crippen LogP contribution in [-0.2, 0) is 0 Å². The van der Waals surface area contributed by atoms with Crippen molar-refractivity contribution >= 4 is 27.9 Å². The fraction of sp³-hybridized carbons (Fsp3) is 0.231. The summed E-state index contributed by atoms with van der Waals surface area (Å²) in [5.74, 6) is -0.127. The molecule has 0 aliphatic heterocycles. The summed E-state index contributed by atoms with van der Waals surface area (Å²) in [4.78, 5) is 12.7. The molecule has 3 rings (SSSR count). The highest BCUT2D eigenvalue weighted by atomic mass is 32.1. The SMILES string of the molecule is CC(C)c1nnc2sc(C(=O)Nc3ccccc3F)nn12. The Balaban J connectivity index is 1.90.